The maximum atomic E-state index is 4.49. The van der Waals surface area contributed by atoms with Crippen LogP contribution in [0, 0.1) is 6.92 Å². The first-order valence-corrected chi connectivity index (χ1v) is 7.96. The van der Waals surface area contributed by atoms with Gasteiger partial charge in [-0.2, -0.15) is 5.10 Å². The van der Waals surface area contributed by atoms with Crippen molar-refractivity contribution >= 4 is 10.9 Å². The van der Waals surface area contributed by atoms with Crippen LogP contribution in [0.25, 0.3) is 10.9 Å². The fourth-order valence-electron chi connectivity index (χ4n) is 3.42. The van der Waals surface area contributed by atoms with Crippen LogP contribution in [-0.2, 0) is 6.54 Å². The van der Waals surface area contributed by atoms with Crippen LogP contribution in [0.2, 0.25) is 0 Å². The molecule has 0 radical (unpaired) electrons. The van der Waals surface area contributed by atoms with Crippen molar-refractivity contribution in [3.63, 3.8) is 0 Å². The number of H-pyrrole nitrogens is 2. The number of aryl methyl sites for hydroxylation is 1. The van der Waals surface area contributed by atoms with Gasteiger partial charge in [-0.1, -0.05) is 12.1 Å². The largest absolute Gasteiger partial charge is 0.361 e. The first-order chi connectivity index (χ1) is 10.8. The molecule has 2 N–H and O–H groups in total. The predicted molar refractivity (Wildman–Crippen MR) is 86.7 cm³/mol. The third-order valence-electron chi connectivity index (χ3n) is 4.65. The molecule has 1 fully saturated rings. The molecule has 1 aliphatic rings. The summed E-state index contributed by atoms with van der Waals surface area (Å²) in [5, 5.41) is 8.62. The lowest BCUT2D eigenvalue weighted by Gasteiger charge is -2.30. The summed E-state index contributed by atoms with van der Waals surface area (Å²) in [6.07, 6.45) is 4.30. The summed E-state index contributed by atoms with van der Waals surface area (Å²) in [4.78, 5) is 10.3. The molecule has 0 saturated carbocycles. The third-order valence-corrected chi connectivity index (χ3v) is 4.65. The zero-order valence-electron chi connectivity index (χ0n) is 12.8. The maximum Gasteiger partial charge on any atom is 0.153 e. The smallest absolute Gasteiger partial charge is 0.153 e. The summed E-state index contributed by atoms with van der Waals surface area (Å²) in [7, 11) is 0. The highest BCUT2D eigenvalue weighted by atomic mass is 15.2. The topological polar surface area (TPSA) is 60.6 Å². The lowest BCUT2D eigenvalue weighted by Crippen LogP contribution is -2.32. The Morgan fingerprint density at radius 3 is 2.86 bits per heavy atom. The second-order valence-electron chi connectivity index (χ2n) is 6.19. The minimum Gasteiger partial charge on any atom is -0.361 e. The van der Waals surface area contributed by atoms with Crippen LogP contribution in [0.1, 0.15) is 36.0 Å². The second kappa shape index (κ2) is 5.57. The van der Waals surface area contributed by atoms with Gasteiger partial charge in [0, 0.05) is 29.6 Å². The predicted octanol–water partition coefficient (Wildman–Crippen LogP) is 2.97. The van der Waals surface area contributed by atoms with E-state index in [2.05, 4.69) is 49.3 Å². The molecule has 0 amide bonds. The van der Waals surface area contributed by atoms with Crippen LogP contribution in [0.15, 0.2) is 30.5 Å². The van der Waals surface area contributed by atoms with Crippen molar-refractivity contribution in [1.29, 1.82) is 0 Å². The number of nitrogens with zero attached hydrogens (tertiary/aromatic N) is 3. The zero-order valence-corrected chi connectivity index (χ0v) is 12.8. The summed E-state index contributed by atoms with van der Waals surface area (Å²) in [5.74, 6) is 2.41. The molecule has 5 nitrogen and oxygen atoms in total. The number of piperidine rings is 1. The van der Waals surface area contributed by atoms with Gasteiger partial charge in [0.1, 0.15) is 5.82 Å². The van der Waals surface area contributed by atoms with Crippen LogP contribution in [0.3, 0.4) is 0 Å². The fraction of sp³-hybridized carbons (Fsp3) is 0.412. The number of likely N-dealkylation sites (tertiary alicyclic amines) is 1. The van der Waals surface area contributed by atoms with E-state index in [1.807, 2.05) is 13.1 Å². The van der Waals surface area contributed by atoms with Gasteiger partial charge in [0.05, 0.1) is 0 Å². The minimum atomic E-state index is 0.504. The first kappa shape index (κ1) is 13.5. The lowest BCUT2D eigenvalue weighted by atomic mass is 9.95. The first-order valence-electron chi connectivity index (χ1n) is 7.96. The molecule has 22 heavy (non-hydrogen) atoms. The van der Waals surface area contributed by atoms with Crippen molar-refractivity contribution < 1.29 is 0 Å². The summed E-state index contributed by atoms with van der Waals surface area (Å²) in [6, 6.07) is 8.68. The third kappa shape index (κ3) is 2.52. The second-order valence-corrected chi connectivity index (χ2v) is 6.19. The van der Waals surface area contributed by atoms with E-state index in [-0.39, 0.29) is 0 Å². The van der Waals surface area contributed by atoms with Gasteiger partial charge in [0.15, 0.2) is 5.82 Å². The van der Waals surface area contributed by atoms with E-state index in [4.69, 9.17) is 0 Å². The van der Waals surface area contributed by atoms with Crippen LogP contribution in [0.4, 0.5) is 0 Å². The molecule has 114 valence electrons. The molecule has 3 heterocycles. The van der Waals surface area contributed by atoms with Crippen molar-refractivity contribution in [2.75, 3.05) is 13.1 Å². The molecule has 0 atom stereocenters. The van der Waals surface area contributed by atoms with Crippen molar-refractivity contribution in [3.05, 3.63) is 47.7 Å². The van der Waals surface area contributed by atoms with Crippen molar-refractivity contribution in [1.82, 2.24) is 25.1 Å². The van der Waals surface area contributed by atoms with E-state index in [9.17, 15) is 0 Å². The van der Waals surface area contributed by atoms with Gasteiger partial charge in [0.25, 0.3) is 0 Å². The molecule has 0 unspecified atom stereocenters. The van der Waals surface area contributed by atoms with Crippen molar-refractivity contribution in [3.8, 4) is 0 Å². The minimum absolute atomic E-state index is 0.504. The number of fused-ring (bicyclic) bond motifs is 1. The zero-order chi connectivity index (χ0) is 14.9. The summed E-state index contributed by atoms with van der Waals surface area (Å²) >= 11 is 0. The highest BCUT2D eigenvalue weighted by Crippen LogP contribution is 2.27. The molecule has 1 saturated heterocycles. The number of benzene rings is 1. The summed E-state index contributed by atoms with van der Waals surface area (Å²) in [6.45, 7) is 5.20. The molecule has 0 spiro atoms. The number of aromatic nitrogens is 4. The molecular formula is C17H21N5. The Hall–Kier alpha value is -2.14. The monoisotopic (exact) mass is 295 g/mol. The lowest BCUT2D eigenvalue weighted by molar-refractivity contribution is 0.202. The van der Waals surface area contributed by atoms with E-state index in [0.717, 1.165) is 44.1 Å². The van der Waals surface area contributed by atoms with Gasteiger partial charge in [-0.05, 0) is 50.6 Å². The molecule has 1 aliphatic heterocycles. The van der Waals surface area contributed by atoms with Gasteiger partial charge in [-0.15, -0.1) is 0 Å². The van der Waals surface area contributed by atoms with E-state index >= 15 is 0 Å². The summed E-state index contributed by atoms with van der Waals surface area (Å²) in [5.41, 5.74) is 2.63. The molecule has 0 aliphatic carbocycles. The quantitative estimate of drug-likeness (QED) is 0.781. The molecule has 4 rings (SSSR count). The van der Waals surface area contributed by atoms with Gasteiger partial charge < -0.3 is 4.98 Å². The number of hydrogen-bond acceptors (Lipinski definition) is 3. The van der Waals surface area contributed by atoms with Gasteiger partial charge >= 0.3 is 0 Å². The number of nitrogens with one attached hydrogen (secondary N) is 2. The Morgan fingerprint density at radius 2 is 2.09 bits per heavy atom. The maximum absolute atomic E-state index is 4.49. The number of aromatic amines is 2. The van der Waals surface area contributed by atoms with E-state index in [1.165, 1.54) is 16.5 Å². The van der Waals surface area contributed by atoms with Crippen LogP contribution >= 0.6 is 0 Å². The van der Waals surface area contributed by atoms with E-state index in [1.54, 1.807) is 0 Å². The molecule has 2 aromatic heterocycles. The summed E-state index contributed by atoms with van der Waals surface area (Å²) < 4.78 is 0. The number of rotatable bonds is 3. The Balaban J connectivity index is 1.43. The van der Waals surface area contributed by atoms with Crippen molar-refractivity contribution in [2.45, 2.75) is 32.2 Å². The highest BCUT2D eigenvalue weighted by Gasteiger charge is 2.23. The average molecular weight is 295 g/mol. The molecule has 3 aromatic rings. The van der Waals surface area contributed by atoms with Gasteiger partial charge in [-0.25, -0.2) is 4.98 Å². The van der Waals surface area contributed by atoms with E-state index < -0.39 is 0 Å². The van der Waals surface area contributed by atoms with Crippen LogP contribution < -0.4 is 0 Å². The highest BCUT2D eigenvalue weighted by molar-refractivity contribution is 5.82. The average Bonchev–Trinajstić information content (AvgIpc) is 3.17. The SMILES string of the molecule is Cc1nc(C2CCN(Cc3cccc4[nH]ccc34)CC2)n[nH]1. The molecular weight excluding hydrogens is 274 g/mol. The standard InChI is InChI=1S/C17H21N5/c1-12-19-17(21-20-12)13-6-9-22(10-7-13)11-14-3-2-4-16-15(14)5-8-18-16/h2-5,8,13,18H,6-7,9-11H2,1H3,(H,19,20,21). The molecule has 0 bridgehead atoms. The van der Waals surface area contributed by atoms with Gasteiger partial charge in [0.2, 0.25) is 0 Å². The Morgan fingerprint density at radius 1 is 1.23 bits per heavy atom. The normalized spacial score (nSPS) is 17.3. The Bertz CT molecular complexity index is 764. The number of hydrogen-bond donors (Lipinski definition) is 2. The Kier molecular flexibility index (Phi) is 3.42. The van der Waals surface area contributed by atoms with Crippen molar-refractivity contribution in [2.24, 2.45) is 0 Å². The van der Waals surface area contributed by atoms with E-state index in [0.29, 0.717) is 5.92 Å². The molecule has 1 aromatic carbocycles. The fourth-order valence-corrected chi connectivity index (χ4v) is 3.42. The van der Waals surface area contributed by atoms with Gasteiger partial charge in [-0.3, -0.25) is 10.00 Å². The van der Waals surface area contributed by atoms with Crippen LogP contribution in [-0.4, -0.2) is 38.2 Å². The molecule has 5 heteroatoms. The van der Waals surface area contributed by atoms with Crippen LogP contribution in [0.5, 0.6) is 0 Å². The Labute approximate surface area is 129 Å².